The van der Waals surface area contributed by atoms with E-state index in [0.717, 1.165) is 22.6 Å². The number of allylic oxidation sites excluding steroid dienone is 1. The third-order valence-electron chi connectivity index (χ3n) is 4.15. The highest BCUT2D eigenvalue weighted by Crippen LogP contribution is 2.33. The van der Waals surface area contributed by atoms with Gasteiger partial charge in [-0.2, -0.15) is 4.68 Å². The maximum atomic E-state index is 10.9. The number of nitrogens with one attached hydrogen (secondary N) is 1. The van der Waals surface area contributed by atoms with Gasteiger partial charge in [0, 0.05) is 23.4 Å². The SMILES string of the molecule is COc1cccc(C2=C[C@H](c3ccc([N+](=O)[O-])cc3)n3nnnc3N2)c1. The number of fused-ring (bicyclic) bond motifs is 1. The number of tetrazole rings is 1. The molecule has 9 nitrogen and oxygen atoms in total. The minimum absolute atomic E-state index is 0.0385. The van der Waals surface area contributed by atoms with E-state index in [0.29, 0.717) is 5.95 Å². The molecular formula is C17H14N6O3. The van der Waals surface area contributed by atoms with Gasteiger partial charge in [-0.15, -0.1) is 0 Å². The molecule has 4 rings (SSSR count). The zero-order valence-electron chi connectivity index (χ0n) is 13.7. The zero-order valence-corrected chi connectivity index (χ0v) is 13.7. The van der Waals surface area contributed by atoms with Crippen LogP contribution in [0, 0.1) is 10.1 Å². The fraction of sp³-hybridized carbons (Fsp3) is 0.118. The van der Waals surface area contributed by atoms with Crippen molar-refractivity contribution in [2.24, 2.45) is 0 Å². The number of methoxy groups -OCH3 is 1. The lowest BCUT2D eigenvalue weighted by molar-refractivity contribution is -0.384. The summed E-state index contributed by atoms with van der Waals surface area (Å²) in [5.41, 5.74) is 2.63. The van der Waals surface area contributed by atoms with Gasteiger partial charge in [-0.1, -0.05) is 17.2 Å². The first-order valence-corrected chi connectivity index (χ1v) is 7.81. The zero-order chi connectivity index (χ0) is 18.1. The summed E-state index contributed by atoms with van der Waals surface area (Å²) in [7, 11) is 1.61. The van der Waals surface area contributed by atoms with Gasteiger partial charge in [-0.05, 0) is 46.3 Å². The van der Waals surface area contributed by atoms with E-state index in [4.69, 9.17) is 4.74 Å². The van der Waals surface area contributed by atoms with Crippen LogP contribution >= 0.6 is 0 Å². The lowest BCUT2D eigenvalue weighted by atomic mass is 10.0. The maximum Gasteiger partial charge on any atom is 0.269 e. The van der Waals surface area contributed by atoms with Crippen molar-refractivity contribution >= 4 is 17.3 Å². The molecule has 0 radical (unpaired) electrons. The third kappa shape index (κ3) is 2.75. The molecule has 130 valence electrons. The summed E-state index contributed by atoms with van der Waals surface area (Å²) in [5, 5.41) is 25.8. The van der Waals surface area contributed by atoms with E-state index in [1.54, 1.807) is 23.9 Å². The number of aromatic nitrogens is 4. The standard InChI is InChI=1S/C17H14N6O3/c1-26-14-4-2-3-12(9-14)15-10-16(22-17(18-15)19-20-21-22)11-5-7-13(8-6-11)23(24)25/h2-10,16H,1H3,(H,18,19,21)/t16-/m1/s1. The largest absolute Gasteiger partial charge is 0.497 e. The topological polar surface area (TPSA) is 108 Å². The highest BCUT2D eigenvalue weighted by Gasteiger charge is 2.24. The second-order valence-corrected chi connectivity index (χ2v) is 5.68. The van der Waals surface area contributed by atoms with E-state index in [1.807, 2.05) is 30.3 Å². The van der Waals surface area contributed by atoms with Crippen LogP contribution in [0.4, 0.5) is 11.6 Å². The average molecular weight is 350 g/mol. The second kappa shape index (κ2) is 6.28. The summed E-state index contributed by atoms with van der Waals surface area (Å²) in [5.74, 6) is 1.23. The molecular weight excluding hydrogens is 336 g/mol. The van der Waals surface area contributed by atoms with Crippen molar-refractivity contribution in [1.29, 1.82) is 0 Å². The highest BCUT2D eigenvalue weighted by atomic mass is 16.6. The molecule has 3 aromatic rings. The number of hydrogen-bond acceptors (Lipinski definition) is 7. The van der Waals surface area contributed by atoms with Crippen LogP contribution in [-0.2, 0) is 0 Å². The quantitative estimate of drug-likeness (QED) is 0.569. The number of nitrogens with zero attached hydrogens (tertiary/aromatic N) is 5. The van der Waals surface area contributed by atoms with Crippen LogP contribution < -0.4 is 10.1 Å². The van der Waals surface area contributed by atoms with E-state index >= 15 is 0 Å². The fourth-order valence-corrected chi connectivity index (χ4v) is 2.84. The summed E-state index contributed by atoms with van der Waals surface area (Å²) >= 11 is 0. The molecule has 26 heavy (non-hydrogen) atoms. The van der Waals surface area contributed by atoms with Crippen LogP contribution in [0.25, 0.3) is 5.70 Å². The minimum atomic E-state index is -0.424. The van der Waals surface area contributed by atoms with Crippen LogP contribution in [0.1, 0.15) is 17.2 Å². The molecule has 0 unspecified atom stereocenters. The van der Waals surface area contributed by atoms with E-state index in [1.165, 1.54) is 12.1 Å². The number of nitro benzene ring substituents is 1. The van der Waals surface area contributed by atoms with Gasteiger partial charge < -0.3 is 10.1 Å². The number of hydrogen-bond donors (Lipinski definition) is 1. The first-order valence-electron chi connectivity index (χ1n) is 7.81. The lowest BCUT2D eigenvalue weighted by Gasteiger charge is -2.23. The van der Waals surface area contributed by atoms with Crippen LogP contribution in [-0.4, -0.2) is 32.2 Å². The van der Waals surface area contributed by atoms with Crippen molar-refractivity contribution < 1.29 is 9.66 Å². The lowest BCUT2D eigenvalue weighted by Crippen LogP contribution is -2.20. The molecule has 0 saturated heterocycles. The number of non-ortho nitro benzene ring substituents is 1. The first kappa shape index (κ1) is 15.8. The van der Waals surface area contributed by atoms with Gasteiger partial charge in [-0.3, -0.25) is 10.1 Å². The Kier molecular flexibility index (Phi) is 3.81. The fourth-order valence-electron chi connectivity index (χ4n) is 2.84. The maximum absolute atomic E-state index is 10.9. The molecule has 9 heteroatoms. The Morgan fingerprint density at radius 2 is 2.04 bits per heavy atom. The molecule has 1 aromatic heterocycles. The summed E-state index contributed by atoms with van der Waals surface area (Å²) < 4.78 is 6.91. The average Bonchev–Trinajstić information content (AvgIpc) is 3.16. The number of nitro groups is 1. The smallest absolute Gasteiger partial charge is 0.269 e. The Balaban J connectivity index is 1.76. The van der Waals surface area contributed by atoms with E-state index in [-0.39, 0.29) is 11.7 Å². The normalized spacial score (nSPS) is 15.6. The Morgan fingerprint density at radius 1 is 1.23 bits per heavy atom. The van der Waals surface area contributed by atoms with Gasteiger partial charge in [-0.25, -0.2) is 0 Å². The Labute approximate surface area is 148 Å². The highest BCUT2D eigenvalue weighted by molar-refractivity contribution is 5.77. The Hall–Kier alpha value is -3.75. The number of rotatable bonds is 4. The first-order chi connectivity index (χ1) is 12.7. The summed E-state index contributed by atoms with van der Waals surface area (Å²) in [6, 6.07) is 13.7. The van der Waals surface area contributed by atoms with Crippen LogP contribution in [0.2, 0.25) is 0 Å². The molecule has 0 aliphatic carbocycles. The summed E-state index contributed by atoms with van der Waals surface area (Å²) in [4.78, 5) is 10.5. The number of anilines is 1. The molecule has 0 saturated carbocycles. The second-order valence-electron chi connectivity index (χ2n) is 5.68. The monoisotopic (exact) mass is 350 g/mol. The van der Waals surface area contributed by atoms with Gasteiger partial charge in [0.15, 0.2) is 0 Å². The third-order valence-corrected chi connectivity index (χ3v) is 4.15. The molecule has 2 aromatic carbocycles. The molecule has 1 aliphatic heterocycles. The van der Waals surface area contributed by atoms with Crippen LogP contribution in [0.5, 0.6) is 5.75 Å². The van der Waals surface area contributed by atoms with Crippen LogP contribution in [0.3, 0.4) is 0 Å². The van der Waals surface area contributed by atoms with Gasteiger partial charge in [0.1, 0.15) is 11.8 Å². The molecule has 0 amide bonds. The van der Waals surface area contributed by atoms with Gasteiger partial charge >= 0.3 is 0 Å². The van der Waals surface area contributed by atoms with Gasteiger partial charge in [0.25, 0.3) is 5.69 Å². The van der Waals surface area contributed by atoms with E-state index < -0.39 is 4.92 Å². The molecule has 0 bridgehead atoms. The Morgan fingerprint density at radius 3 is 2.77 bits per heavy atom. The Bertz CT molecular complexity index is 996. The van der Waals surface area contributed by atoms with E-state index in [9.17, 15) is 10.1 Å². The summed E-state index contributed by atoms with van der Waals surface area (Å²) in [6.07, 6.45) is 1.97. The predicted octanol–water partition coefficient (Wildman–Crippen LogP) is 2.65. The van der Waals surface area contributed by atoms with Crippen molar-refractivity contribution in [2.75, 3.05) is 12.4 Å². The molecule has 0 fully saturated rings. The van der Waals surface area contributed by atoms with Crippen LogP contribution in [0.15, 0.2) is 54.6 Å². The van der Waals surface area contributed by atoms with Gasteiger partial charge in [0.2, 0.25) is 5.95 Å². The predicted molar refractivity (Wildman–Crippen MR) is 93.6 cm³/mol. The van der Waals surface area contributed by atoms with Crippen molar-refractivity contribution in [3.05, 3.63) is 75.8 Å². The van der Waals surface area contributed by atoms with E-state index in [2.05, 4.69) is 20.8 Å². The molecule has 1 atom stereocenters. The molecule has 2 heterocycles. The van der Waals surface area contributed by atoms with Crippen molar-refractivity contribution in [3.63, 3.8) is 0 Å². The van der Waals surface area contributed by atoms with Gasteiger partial charge in [0.05, 0.1) is 12.0 Å². The van der Waals surface area contributed by atoms with Crippen molar-refractivity contribution in [3.8, 4) is 5.75 Å². The molecule has 1 N–H and O–H groups in total. The number of benzene rings is 2. The molecule has 1 aliphatic rings. The minimum Gasteiger partial charge on any atom is -0.497 e. The molecule has 0 spiro atoms. The number of ether oxygens (including phenoxy) is 1. The van der Waals surface area contributed by atoms with Crippen molar-refractivity contribution in [1.82, 2.24) is 20.2 Å². The summed E-state index contributed by atoms with van der Waals surface area (Å²) in [6.45, 7) is 0. The van der Waals surface area contributed by atoms with Crippen molar-refractivity contribution in [2.45, 2.75) is 6.04 Å².